The molecule has 0 spiro atoms. The van der Waals surface area contributed by atoms with Gasteiger partial charge in [0, 0.05) is 25.8 Å². The van der Waals surface area contributed by atoms with Crippen LogP contribution in [0.3, 0.4) is 0 Å². The van der Waals surface area contributed by atoms with Crippen LogP contribution >= 0.6 is 0 Å². The van der Waals surface area contributed by atoms with Crippen LogP contribution in [-0.4, -0.2) is 231 Å². The molecule has 3 rings (SSSR count). The molecule has 1 heterocycles. The van der Waals surface area contributed by atoms with Crippen molar-refractivity contribution in [2.45, 2.75) is 211 Å². The monoisotopic (exact) mass is 1480 g/mol. The van der Waals surface area contributed by atoms with Gasteiger partial charge in [0.05, 0.1) is 26.2 Å². The molecule has 0 unspecified atom stereocenters. The van der Waals surface area contributed by atoms with E-state index in [0.29, 0.717) is 12.0 Å². The quantitative estimate of drug-likeness (QED) is 0.0218. The number of carboxylic acids is 3. The molecule has 2 aromatic carbocycles. The number of aliphatic hydroxyl groups is 2. The minimum absolute atomic E-state index is 0.0287. The highest BCUT2D eigenvalue weighted by Crippen LogP contribution is 2.22. The van der Waals surface area contributed by atoms with E-state index in [-0.39, 0.29) is 76.3 Å². The molecule has 0 saturated carbocycles. The Hall–Kier alpha value is -9.75. The Kier molecular flexibility index (Phi) is 38.7. The summed E-state index contributed by atoms with van der Waals surface area (Å²) < 4.78 is 0. The van der Waals surface area contributed by atoms with Gasteiger partial charge in [-0.15, -0.1) is 0 Å². The summed E-state index contributed by atoms with van der Waals surface area (Å²) in [7, 11) is 0. The number of hydrogen-bond acceptors (Lipinski definition) is 20. The molecule has 1 aliphatic rings. The Bertz CT molecular complexity index is 3260. The molecule has 13 atom stereocenters. The van der Waals surface area contributed by atoms with Gasteiger partial charge >= 0.3 is 17.9 Å². The molecule has 105 heavy (non-hydrogen) atoms. The van der Waals surface area contributed by atoms with E-state index >= 15 is 0 Å². The van der Waals surface area contributed by atoms with Crippen LogP contribution in [0.5, 0.6) is 0 Å². The normalized spacial score (nSPS) is 16.2. The highest BCUT2D eigenvalue weighted by atomic mass is 16.4. The van der Waals surface area contributed by atoms with E-state index < -0.39 is 218 Å². The van der Waals surface area contributed by atoms with E-state index in [1.807, 2.05) is 6.07 Å². The number of carboxylic acid groups (broad SMARTS) is 3. The van der Waals surface area contributed by atoms with E-state index in [1.165, 1.54) is 4.90 Å². The van der Waals surface area contributed by atoms with Gasteiger partial charge in [-0.25, -0.2) is 4.79 Å². The molecule has 2 aromatic rings. The summed E-state index contributed by atoms with van der Waals surface area (Å²) in [6.45, 7) is 10.9. The van der Waals surface area contributed by atoms with Crippen molar-refractivity contribution in [3.63, 3.8) is 0 Å². The maximum atomic E-state index is 14.6. The van der Waals surface area contributed by atoms with Crippen LogP contribution in [0, 0.1) is 23.7 Å². The molecular formula is C69H109N16O20+. The van der Waals surface area contributed by atoms with Crippen molar-refractivity contribution in [2.24, 2.45) is 35.1 Å². The number of quaternary nitrogens is 1. The van der Waals surface area contributed by atoms with Crippen LogP contribution in [0.4, 0.5) is 0 Å². The lowest BCUT2D eigenvalue weighted by atomic mass is 9.96. The lowest BCUT2D eigenvalue weighted by Crippen LogP contribution is -2.70. The maximum Gasteiger partial charge on any atom is 0.326 e. The van der Waals surface area contributed by atoms with Gasteiger partial charge in [0.1, 0.15) is 72.7 Å². The van der Waals surface area contributed by atoms with Crippen molar-refractivity contribution in [3.05, 3.63) is 71.8 Å². The molecule has 0 radical (unpaired) electrons. The number of nitrogens with one attached hydrogen (secondary N) is 12. The van der Waals surface area contributed by atoms with Gasteiger partial charge in [0.15, 0.2) is 6.04 Å². The summed E-state index contributed by atoms with van der Waals surface area (Å²) in [6, 6.07) is -0.583. The number of nitrogens with zero attached hydrogens (tertiary/aromatic N) is 1. The SMILES string of the molecule is CC[C@H](C)[C@H](NC(=O)[C@H](CO)NC(=O)[C@@H]([NH3+])Cc1ccccc1)C(=O)N[C@H](C(=O)NCC(=O)N[C@@H](CO)C(=O)N[C@@H](CC(C)C)C(=O)N1CCC[C@H]1C(=O)N[C@@H](CCCNC(N)N)C(=O)N[C@@H](CC(=O)O)C(=O)N[C@@H](Cc1ccccc1)C(=O)N[C@@H](CCC(=O)O)C(=O)N[C@@H](CC(C)C)C(=O)O)C(C)C. The number of rotatable bonds is 47. The average molecular weight is 1480 g/mol. The summed E-state index contributed by atoms with van der Waals surface area (Å²) in [4.78, 5) is 204. The average Bonchev–Trinajstić information content (AvgIpc) is 1.71. The molecule has 24 N–H and O–H groups in total. The number of amides is 12. The summed E-state index contributed by atoms with van der Waals surface area (Å²) in [5, 5.41) is 79.7. The minimum Gasteiger partial charge on any atom is -0.481 e. The number of likely N-dealkylation sites (tertiary alicyclic amines) is 1. The first-order valence-electron chi connectivity index (χ1n) is 35.1. The predicted molar refractivity (Wildman–Crippen MR) is 378 cm³/mol. The van der Waals surface area contributed by atoms with Crippen LogP contribution in [0.1, 0.15) is 131 Å². The molecule has 1 aliphatic heterocycles. The van der Waals surface area contributed by atoms with E-state index in [4.69, 9.17) is 11.5 Å². The van der Waals surface area contributed by atoms with Crippen LogP contribution in [0.25, 0.3) is 0 Å². The fourth-order valence-corrected chi connectivity index (χ4v) is 11.3. The molecule has 0 aromatic heterocycles. The molecule has 36 nitrogen and oxygen atoms in total. The zero-order valence-corrected chi connectivity index (χ0v) is 60.8. The summed E-state index contributed by atoms with van der Waals surface area (Å²) in [6.07, 6.45) is -2.97. The number of benzene rings is 2. The fraction of sp³-hybridized carbons (Fsp3) is 0.609. The second kappa shape index (κ2) is 45.5. The Morgan fingerprint density at radius 2 is 1.00 bits per heavy atom. The Morgan fingerprint density at radius 3 is 1.53 bits per heavy atom. The van der Waals surface area contributed by atoms with E-state index in [0.717, 1.165) is 5.56 Å². The third-order valence-corrected chi connectivity index (χ3v) is 17.2. The smallest absolute Gasteiger partial charge is 0.326 e. The second-order valence-electron chi connectivity index (χ2n) is 27.2. The molecule has 1 saturated heterocycles. The van der Waals surface area contributed by atoms with Gasteiger partial charge in [-0.1, -0.05) is 122 Å². The van der Waals surface area contributed by atoms with Gasteiger partial charge in [0.25, 0.3) is 5.91 Å². The van der Waals surface area contributed by atoms with Crippen LogP contribution < -0.4 is 81.0 Å². The third-order valence-electron chi connectivity index (χ3n) is 17.2. The minimum atomic E-state index is -1.98. The van der Waals surface area contributed by atoms with Crippen LogP contribution in [-0.2, 0) is 84.8 Å². The van der Waals surface area contributed by atoms with Gasteiger partial charge < -0.3 is 106 Å². The standard InChI is InChI=1S/C69H108N16O20/c1-9-39(8)56(84-63(99)50(35-87)82-57(93)42(70)30-40-18-12-10-13-19-40)66(102)83-55(38(6)7)65(101)74-33-52(88)75-49(34-86)62(98)80-47(28-36(2)3)67(103)85-27-17-23-51(85)64(100)77-43(22-16-26-73-69(71)72)58(94)79-46(32-54(91)92)61(97)78-45(31-41-20-14-11-15-21-41)60(96)76-44(24-25-53(89)90)59(95)81-48(68(104)105)29-37(4)5/h10-15,18-21,36-39,42-51,55-56,69,73,86-87H,9,16-17,22-35,70-72H2,1-8H3,(H,74,101)(H,75,88)(H,76,96)(H,77,100)(H,78,97)(H,79,94)(H,80,98)(H,81,95)(H,82,93)(H,83,102)(H,84,99)(H,89,90)(H,91,92)(H,104,105)/p+1/t39-,42-,43-,44-,45-,46-,47-,48-,49-,50-,51-,55-,56-/m0/s1. The van der Waals surface area contributed by atoms with Crippen molar-refractivity contribution in [3.8, 4) is 0 Å². The molecular weight excluding hydrogens is 1370 g/mol. The Labute approximate surface area is 609 Å². The van der Waals surface area contributed by atoms with E-state index in [2.05, 4.69) is 69.5 Å². The first kappa shape index (κ1) is 89.5. The highest BCUT2D eigenvalue weighted by Gasteiger charge is 2.42. The molecule has 1 fully saturated rings. The van der Waals surface area contributed by atoms with Crippen molar-refractivity contribution >= 4 is 88.8 Å². The lowest BCUT2D eigenvalue weighted by Gasteiger charge is -2.31. The van der Waals surface area contributed by atoms with Crippen molar-refractivity contribution in [1.82, 2.24) is 68.7 Å². The Balaban J connectivity index is 1.81. The lowest BCUT2D eigenvalue weighted by molar-refractivity contribution is -0.403. The molecule has 12 amide bonds. The number of carbonyl (C=O) groups excluding carboxylic acids is 12. The summed E-state index contributed by atoms with van der Waals surface area (Å²) in [5.74, 6) is -17.4. The van der Waals surface area contributed by atoms with Gasteiger partial charge in [0.2, 0.25) is 65.0 Å². The highest BCUT2D eigenvalue weighted by molar-refractivity contribution is 6.00. The second-order valence-corrected chi connectivity index (χ2v) is 27.2. The first-order valence-corrected chi connectivity index (χ1v) is 35.1. The van der Waals surface area contributed by atoms with Crippen LogP contribution in [0.2, 0.25) is 0 Å². The van der Waals surface area contributed by atoms with Crippen molar-refractivity contribution in [2.75, 3.05) is 32.8 Å². The number of aliphatic hydroxyl groups excluding tert-OH is 2. The van der Waals surface area contributed by atoms with E-state index in [1.54, 1.807) is 110 Å². The predicted octanol–water partition coefficient (Wildman–Crippen LogP) is -5.19. The van der Waals surface area contributed by atoms with Crippen molar-refractivity contribution < 1.29 is 103 Å². The van der Waals surface area contributed by atoms with Gasteiger partial charge in [-0.05, 0) is 86.3 Å². The third kappa shape index (κ3) is 31.6. The zero-order valence-electron chi connectivity index (χ0n) is 60.8. The molecule has 0 aliphatic carbocycles. The number of aliphatic carboxylic acids is 3. The molecule has 0 bridgehead atoms. The number of nitrogens with two attached hydrogens (primary N) is 2. The molecule has 584 valence electrons. The largest absolute Gasteiger partial charge is 0.481 e. The topological polar surface area (TPSA) is 584 Å². The van der Waals surface area contributed by atoms with Crippen molar-refractivity contribution in [1.29, 1.82) is 0 Å². The van der Waals surface area contributed by atoms with Gasteiger partial charge in [-0.2, -0.15) is 0 Å². The number of carbonyl (C=O) groups is 15. The summed E-state index contributed by atoms with van der Waals surface area (Å²) in [5.41, 5.74) is 16.5. The maximum absolute atomic E-state index is 14.6. The van der Waals surface area contributed by atoms with Gasteiger partial charge in [-0.3, -0.25) is 72.4 Å². The van der Waals surface area contributed by atoms with E-state index in [9.17, 15) is 97.5 Å². The zero-order chi connectivity index (χ0) is 78.8. The number of hydrogen-bond donors (Lipinski definition) is 20. The first-order chi connectivity index (χ1) is 49.5. The fourth-order valence-electron chi connectivity index (χ4n) is 11.3. The molecule has 36 heteroatoms. The summed E-state index contributed by atoms with van der Waals surface area (Å²) >= 11 is 0. The Morgan fingerprint density at radius 1 is 0.524 bits per heavy atom. The van der Waals surface area contributed by atoms with Crippen LogP contribution in [0.15, 0.2) is 60.7 Å².